The molecule has 0 atom stereocenters. The van der Waals surface area contributed by atoms with Gasteiger partial charge in [0.25, 0.3) is 5.19 Å². The predicted molar refractivity (Wildman–Crippen MR) is 140 cm³/mol. The summed E-state index contributed by atoms with van der Waals surface area (Å²) in [5.74, 6) is 1.25. The van der Waals surface area contributed by atoms with Gasteiger partial charge in [0.15, 0.2) is 5.82 Å². The molecule has 3 aromatic heterocycles. The quantitative estimate of drug-likeness (QED) is 0.261. The van der Waals surface area contributed by atoms with Crippen molar-refractivity contribution in [1.29, 1.82) is 0 Å². The molecular weight excluding hydrogens is 460 g/mol. The van der Waals surface area contributed by atoms with Crippen LogP contribution in [0.2, 0.25) is 0 Å². The zero-order chi connectivity index (χ0) is 24.5. The highest BCUT2D eigenvalue weighted by atomic mass is 32.1. The molecule has 0 radical (unpaired) electrons. The number of pyridine rings is 1. The Morgan fingerprint density at radius 2 is 1.97 bits per heavy atom. The first-order valence-electron chi connectivity index (χ1n) is 10.8. The maximum absolute atomic E-state index is 11.7. The summed E-state index contributed by atoms with van der Waals surface area (Å²) >= 11 is 1.46. The molecule has 0 aliphatic rings. The van der Waals surface area contributed by atoms with E-state index in [1.54, 1.807) is 6.20 Å². The fourth-order valence-corrected chi connectivity index (χ4v) is 4.58. The lowest BCUT2D eigenvalue weighted by Crippen LogP contribution is -2.09. The summed E-state index contributed by atoms with van der Waals surface area (Å²) in [6, 6.07) is 13.6. The molecule has 0 aliphatic heterocycles. The van der Waals surface area contributed by atoms with E-state index in [9.17, 15) is 4.79 Å². The molecule has 5 aromatic rings. The van der Waals surface area contributed by atoms with Gasteiger partial charge in [0.05, 0.1) is 16.6 Å². The number of nitrogen functional groups attached to an aromatic ring is 1. The third-order valence-electron chi connectivity index (χ3n) is 5.54. The zero-order valence-electron chi connectivity index (χ0n) is 19.1. The number of aromatic amines is 1. The lowest BCUT2D eigenvalue weighted by Gasteiger charge is -2.15. The number of rotatable bonds is 6. The molecule has 1 amide bonds. The van der Waals surface area contributed by atoms with E-state index in [0.29, 0.717) is 22.6 Å². The molecule has 0 fully saturated rings. The summed E-state index contributed by atoms with van der Waals surface area (Å²) in [6.45, 7) is 7.38. The van der Waals surface area contributed by atoms with Gasteiger partial charge >= 0.3 is 0 Å². The average Bonchev–Trinajstić information content (AvgIpc) is 3.44. The highest BCUT2D eigenvalue weighted by Crippen LogP contribution is 2.41. The van der Waals surface area contributed by atoms with E-state index < -0.39 is 0 Å². The number of aryl methyl sites for hydroxylation is 2. The monoisotopic (exact) mass is 482 g/mol. The number of carbonyl (C=O) groups excluding carboxylic acids is 1. The van der Waals surface area contributed by atoms with Crippen LogP contribution in [0.3, 0.4) is 0 Å². The minimum absolute atomic E-state index is 0.312. The second-order valence-corrected chi connectivity index (χ2v) is 8.80. The SMILES string of the molecule is C=CC(=O)Nc1cc(C)c(-c2ccc3[nH]nc(N)c3c2-c2ccc(Oc3nc(C)cs3)cc2)cn1. The normalized spacial score (nSPS) is 10.9. The Hall–Kier alpha value is -4.50. The van der Waals surface area contributed by atoms with E-state index in [4.69, 9.17) is 10.5 Å². The average molecular weight is 483 g/mol. The zero-order valence-corrected chi connectivity index (χ0v) is 19.9. The van der Waals surface area contributed by atoms with E-state index in [1.807, 2.05) is 61.7 Å². The molecule has 0 aliphatic carbocycles. The third-order valence-corrected chi connectivity index (χ3v) is 6.38. The Labute approximate surface area is 205 Å². The number of H-pyrrole nitrogens is 1. The number of nitrogens with zero attached hydrogens (tertiary/aromatic N) is 3. The number of ether oxygens (including phenoxy) is 1. The van der Waals surface area contributed by atoms with Crippen LogP contribution in [0.1, 0.15) is 11.3 Å². The Bertz CT molecular complexity index is 1570. The smallest absolute Gasteiger partial charge is 0.278 e. The molecule has 0 unspecified atom stereocenters. The molecular formula is C26H22N6O2S. The van der Waals surface area contributed by atoms with Crippen molar-refractivity contribution in [3.05, 3.63) is 78.0 Å². The molecule has 0 bridgehead atoms. The number of nitrogens with two attached hydrogens (primary N) is 1. The topological polar surface area (TPSA) is 119 Å². The van der Waals surface area contributed by atoms with E-state index in [1.165, 1.54) is 17.4 Å². The fraction of sp³-hybridized carbons (Fsp3) is 0.0769. The number of amides is 1. The second-order valence-electron chi connectivity index (χ2n) is 7.98. The Kier molecular flexibility index (Phi) is 5.76. The maximum Gasteiger partial charge on any atom is 0.278 e. The van der Waals surface area contributed by atoms with Gasteiger partial charge in [0.1, 0.15) is 11.6 Å². The van der Waals surface area contributed by atoms with Crippen molar-refractivity contribution in [2.45, 2.75) is 13.8 Å². The maximum atomic E-state index is 11.7. The van der Waals surface area contributed by atoms with Crippen molar-refractivity contribution in [1.82, 2.24) is 20.2 Å². The molecule has 4 N–H and O–H groups in total. The molecule has 0 saturated heterocycles. The number of thiazole rings is 1. The van der Waals surface area contributed by atoms with Gasteiger partial charge in [-0.3, -0.25) is 9.89 Å². The molecule has 35 heavy (non-hydrogen) atoms. The van der Waals surface area contributed by atoms with Crippen molar-refractivity contribution in [2.24, 2.45) is 0 Å². The summed E-state index contributed by atoms with van der Waals surface area (Å²) in [7, 11) is 0. The van der Waals surface area contributed by atoms with Crippen LogP contribution >= 0.6 is 11.3 Å². The van der Waals surface area contributed by atoms with Crippen LogP contribution in [0, 0.1) is 13.8 Å². The van der Waals surface area contributed by atoms with Crippen molar-refractivity contribution >= 4 is 39.8 Å². The number of hydrogen-bond acceptors (Lipinski definition) is 7. The van der Waals surface area contributed by atoms with Crippen LogP contribution in [0.15, 0.2) is 66.7 Å². The Morgan fingerprint density at radius 3 is 2.66 bits per heavy atom. The molecule has 9 heteroatoms. The van der Waals surface area contributed by atoms with Gasteiger partial charge in [0, 0.05) is 22.7 Å². The van der Waals surface area contributed by atoms with Crippen molar-refractivity contribution in [3.8, 4) is 33.2 Å². The number of carbonyl (C=O) groups is 1. The van der Waals surface area contributed by atoms with Gasteiger partial charge in [-0.25, -0.2) is 9.97 Å². The number of anilines is 2. The highest BCUT2D eigenvalue weighted by Gasteiger charge is 2.18. The van der Waals surface area contributed by atoms with Gasteiger partial charge < -0.3 is 15.8 Å². The predicted octanol–water partition coefficient (Wildman–Crippen LogP) is 5.86. The lowest BCUT2D eigenvalue weighted by molar-refractivity contribution is -0.111. The highest BCUT2D eigenvalue weighted by molar-refractivity contribution is 7.11. The fourth-order valence-electron chi connectivity index (χ4n) is 3.92. The third kappa shape index (κ3) is 4.36. The number of benzene rings is 2. The van der Waals surface area contributed by atoms with Crippen LogP contribution in [0.4, 0.5) is 11.6 Å². The molecule has 174 valence electrons. The molecule has 8 nitrogen and oxygen atoms in total. The van der Waals surface area contributed by atoms with Gasteiger partial charge in [-0.2, -0.15) is 5.10 Å². The van der Waals surface area contributed by atoms with Crippen LogP contribution in [0.5, 0.6) is 10.9 Å². The minimum Gasteiger partial charge on any atom is -0.431 e. The first-order chi connectivity index (χ1) is 16.9. The standard InChI is InChI=1S/C26H22N6O2S/c1-4-22(33)30-21-11-14(2)19(12-28-21)18-9-10-20-24(25(27)32-31-20)23(18)16-5-7-17(8-6-16)34-26-29-15(3)13-35-26/h4-13H,1H2,2-3H3,(H3,27,31,32)(H,28,30,33). The van der Waals surface area contributed by atoms with Gasteiger partial charge in [-0.05, 0) is 60.9 Å². The number of aromatic nitrogens is 4. The summed E-state index contributed by atoms with van der Waals surface area (Å²) in [4.78, 5) is 20.5. The molecule has 3 heterocycles. The van der Waals surface area contributed by atoms with Gasteiger partial charge in [-0.15, -0.1) is 0 Å². The molecule has 0 spiro atoms. The molecule has 0 saturated carbocycles. The van der Waals surface area contributed by atoms with E-state index in [-0.39, 0.29) is 5.91 Å². The largest absolute Gasteiger partial charge is 0.431 e. The first kappa shape index (κ1) is 22.3. The Balaban J connectivity index is 1.59. The van der Waals surface area contributed by atoms with Crippen LogP contribution in [0.25, 0.3) is 33.2 Å². The van der Waals surface area contributed by atoms with E-state index in [2.05, 4.69) is 32.1 Å². The first-order valence-corrected chi connectivity index (χ1v) is 11.7. The molecule has 2 aromatic carbocycles. The Morgan fingerprint density at radius 1 is 1.17 bits per heavy atom. The minimum atomic E-state index is -0.312. The van der Waals surface area contributed by atoms with Crippen molar-refractivity contribution in [2.75, 3.05) is 11.1 Å². The van der Waals surface area contributed by atoms with E-state index in [0.717, 1.165) is 44.4 Å². The molecule has 5 rings (SSSR count). The van der Waals surface area contributed by atoms with Crippen molar-refractivity contribution in [3.63, 3.8) is 0 Å². The number of fused-ring (bicyclic) bond motifs is 1. The summed E-state index contributed by atoms with van der Waals surface area (Å²) in [5, 5.41) is 13.3. The van der Waals surface area contributed by atoms with Gasteiger partial charge in [-0.1, -0.05) is 36.1 Å². The summed E-state index contributed by atoms with van der Waals surface area (Å²) < 4.78 is 5.89. The summed E-state index contributed by atoms with van der Waals surface area (Å²) in [6.07, 6.45) is 2.96. The van der Waals surface area contributed by atoms with Gasteiger partial charge in [0.2, 0.25) is 5.91 Å². The van der Waals surface area contributed by atoms with Crippen molar-refractivity contribution < 1.29 is 9.53 Å². The number of nitrogens with one attached hydrogen (secondary N) is 2. The lowest BCUT2D eigenvalue weighted by atomic mass is 9.90. The second kappa shape index (κ2) is 9.03. The number of hydrogen-bond donors (Lipinski definition) is 3. The van der Waals surface area contributed by atoms with Crippen LogP contribution < -0.4 is 15.8 Å². The van der Waals surface area contributed by atoms with Crippen LogP contribution in [-0.2, 0) is 4.79 Å². The summed E-state index contributed by atoms with van der Waals surface area (Å²) in [5.41, 5.74) is 12.7. The van der Waals surface area contributed by atoms with E-state index >= 15 is 0 Å². The van der Waals surface area contributed by atoms with Crippen LogP contribution in [-0.4, -0.2) is 26.1 Å².